The molecule has 1 atom stereocenters. The van der Waals surface area contributed by atoms with Gasteiger partial charge in [-0.2, -0.15) is 0 Å². The SMILES string of the molecule is Cc1cccc(N(CCCC(=O)N[C@H](C)c2ccc(C)c(C)c2)S(C)(=O)=O)c1. The van der Waals surface area contributed by atoms with Gasteiger partial charge in [0.2, 0.25) is 15.9 Å². The molecule has 152 valence electrons. The Balaban J connectivity index is 1.94. The van der Waals surface area contributed by atoms with Crippen LogP contribution in [0.25, 0.3) is 0 Å². The molecular weight excluding hydrogens is 372 g/mol. The van der Waals surface area contributed by atoms with Crippen LogP contribution in [0.15, 0.2) is 42.5 Å². The van der Waals surface area contributed by atoms with E-state index in [9.17, 15) is 13.2 Å². The normalized spacial score (nSPS) is 12.5. The molecule has 0 bridgehead atoms. The van der Waals surface area contributed by atoms with Gasteiger partial charge in [0, 0.05) is 13.0 Å². The Morgan fingerprint density at radius 2 is 1.79 bits per heavy atom. The average Bonchev–Trinajstić information content (AvgIpc) is 2.59. The van der Waals surface area contributed by atoms with Gasteiger partial charge in [-0.25, -0.2) is 8.42 Å². The first kappa shape index (κ1) is 22.0. The second-order valence-corrected chi connectivity index (χ2v) is 9.32. The maximum atomic E-state index is 12.3. The minimum absolute atomic E-state index is 0.0802. The van der Waals surface area contributed by atoms with E-state index in [2.05, 4.69) is 31.3 Å². The first-order valence-corrected chi connectivity index (χ1v) is 11.3. The molecule has 1 N–H and O–H groups in total. The number of benzene rings is 2. The Kier molecular flexibility index (Phi) is 7.24. The van der Waals surface area contributed by atoms with Crippen LogP contribution in [0.1, 0.15) is 48.1 Å². The standard InChI is InChI=1S/C22H30N2O3S/c1-16-8-6-9-21(14-16)24(28(5,26)27)13-7-10-22(25)23-19(4)20-12-11-17(2)18(3)15-20/h6,8-9,11-12,14-15,19H,7,10,13H2,1-5H3,(H,23,25)/t19-/m1/s1. The molecule has 5 nitrogen and oxygen atoms in total. The molecule has 0 aliphatic heterocycles. The van der Waals surface area contributed by atoms with Gasteiger partial charge in [-0.15, -0.1) is 0 Å². The quantitative estimate of drug-likeness (QED) is 0.725. The summed E-state index contributed by atoms with van der Waals surface area (Å²) in [5.41, 5.74) is 5.10. The van der Waals surface area contributed by atoms with Crippen LogP contribution in [0.4, 0.5) is 5.69 Å². The van der Waals surface area contributed by atoms with E-state index in [4.69, 9.17) is 0 Å². The third kappa shape index (κ3) is 6.09. The zero-order valence-electron chi connectivity index (χ0n) is 17.3. The van der Waals surface area contributed by atoms with Crippen molar-refractivity contribution in [3.63, 3.8) is 0 Å². The zero-order valence-corrected chi connectivity index (χ0v) is 18.1. The number of anilines is 1. The van der Waals surface area contributed by atoms with E-state index < -0.39 is 10.0 Å². The average molecular weight is 403 g/mol. The minimum Gasteiger partial charge on any atom is -0.350 e. The lowest BCUT2D eigenvalue weighted by Crippen LogP contribution is -2.32. The van der Waals surface area contributed by atoms with Crippen molar-refractivity contribution < 1.29 is 13.2 Å². The Morgan fingerprint density at radius 1 is 1.07 bits per heavy atom. The van der Waals surface area contributed by atoms with Gasteiger partial charge >= 0.3 is 0 Å². The van der Waals surface area contributed by atoms with E-state index in [-0.39, 0.29) is 24.9 Å². The van der Waals surface area contributed by atoms with Crippen molar-refractivity contribution in [1.82, 2.24) is 5.32 Å². The predicted octanol–water partition coefficient (Wildman–Crippen LogP) is 4.04. The van der Waals surface area contributed by atoms with Crippen LogP contribution in [-0.2, 0) is 14.8 Å². The number of nitrogens with zero attached hydrogens (tertiary/aromatic N) is 1. The molecule has 0 radical (unpaired) electrons. The molecule has 0 aliphatic rings. The van der Waals surface area contributed by atoms with Gasteiger partial charge in [-0.05, 0) is 68.5 Å². The smallest absolute Gasteiger partial charge is 0.232 e. The molecule has 2 aromatic carbocycles. The number of sulfonamides is 1. The van der Waals surface area contributed by atoms with Crippen molar-refractivity contribution in [2.75, 3.05) is 17.1 Å². The minimum atomic E-state index is -3.41. The summed E-state index contributed by atoms with van der Waals surface area (Å²) in [6.07, 6.45) is 1.91. The van der Waals surface area contributed by atoms with Crippen molar-refractivity contribution in [3.8, 4) is 0 Å². The molecule has 2 aromatic rings. The molecule has 0 spiro atoms. The molecule has 0 unspecified atom stereocenters. The number of nitrogens with one attached hydrogen (secondary N) is 1. The molecule has 28 heavy (non-hydrogen) atoms. The third-order valence-corrected chi connectivity index (χ3v) is 6.06. The number of rotatable bonds is 8. The highest BCUT2D eigenvalue weighted by molar-refractivity contribution is 7.92. The summed E-state index contributed by atoms with van der Waals surface area (Å²) in [5.74, 6) is -0.0802. The summed E-state index contributed by atoms with van der Waals surface area (Å²) >= 11 is 0. The lowest BCUT2D eigenvalue weighted by atomic mass is 10.0. The lowest BCUT2D eigenvalue weighted by molar-refractivity contribution is -0.121. The summed E-state index contributed by atoms with van der Waals surface area (Å²) in [4.78, 5) is 12.3. The van der Waals surface area contributed by atoms with Crippen molar-refractivity contribution >= 4 is 21.6 Å². The fourth-order valence-electron chi connectivity index (χ4n) is 3.08. The Labute approximate surface area is 168 Å². The molecule has 1 amide bonds. The van der Waals surface area contributed by atoms with Crippen LogP contribution < -0.4 is 9.62 Å². The summed E-state index contributed by atoms with van der Waals surface area (Å²) in [6.45, 7) is 8.26. The van der Waals surface area contributed by atoms with Crippen LogP contribution in [-0.4, -0.2) is 27.1 Å². The molecule has 0 fully saturated rings. The number of hydrogen-bond acceptors (Lipinski definition) is 3. The summed E-state index contributed by atoms with van der Waals surface area (Å²) < 4.78 is 25.7. The molecular formula is C22H30N2O3S. The fourth-order valence-corrected chi connectivity index (χ4v) is 4.04. The van der Waals surface area contributed by atoms with Gasteiger partial charge in [-0.3, -0.25) is 9.10 Å². The largest absolute Gasteiger partial charge is 0.350 e. The first-order chi connectivity index (χ1) is 13.1. The maximum absolute atomic E-state index is 12.3. The van der Waals surface area contributed by atoms with E-state index in [1.807, 2.05) is 38.1 Å². The number of amides is 1. The van der Waals surface area contributed by atoms with Crippen LogP contribution in [0.2, 0.25) is 0 Å². The van der Waals surface area contributed by atoms with Gasteiger partial charge in [0.15, 0.2) is 0 Å². The summed E-state index contributed by atoms with van der Waals surface area (Å²) in [5, 5.41) is 3.00. The second-order valence-electron chi connectivity index (χ2n) is 7.41. The summed E-state index contributed by atoms with van der Waals surface area (Å²) in [6, 6.07) is 13.4. The molecule has 0 saturated heterocycles. The lowest BCUT2D eigenvalue weighted by Gasteiger charge is -2.23. The molecule has 6 heteroatoms. The van der Waals surface area contributed by atoms with Gasteiger partial charge in [0.05, 0.1) is 18.0 Å². The maximum Gasteiger partial charge on any atom is 0.232 e. The van der Waals surface area contributed by atoms with Crippen molar-refractivity contribution in [2.24, 2.45) is 0 Å². The van der Waals surface area contributed by atoms with E-state index in [0.717, 1.165) is 11.1 Å². The van der Waals surface area contributed by atoms with Crippen LogP contribution in [0, 0.1) is 20.8 Å². The van der Waals surface area contributed by atoms with Crippen LogP contribution in [0.5, 0.6) is 0 Å². The van der Waals surface area contributed by atoms with E-state index >= 15 is 0 Å². The molecule has 0 aliphatic carbocycles. The van der Waals surface area contributed by atoms with Gasteiger partial charge in [0.25, 0.3) is 0 Å². The topological polar surface area (TPSA) is 66.5 Å². The van der Waals surface area contributed by atoms with Gasteiger partial charge in [0.1, 0.15) is 0 Å². The van der Waals surface area contributed by atoms with Crippen molar-refractivity contribution in [1.29, 1.82) is 0 Å². The molecule has 2 rings (SSSR count). The second kappa shape index (κ2) is 9.24. The fraction of sp³-hybridized carbons (Fsp3) is 0.409. The van der Waals surface area contributed by atoms with Gasteiger partial charge < -0.3 is 5.32 Å². The highest BCUT2D eigenvalue weighted by atomic mass is 32.2. The van der Waals surface area contributed by atoms with Gasteiger partial charge in [-0.1, -0.05) is 30.3 Å². The number of hydrogen-bond donors (Lipinski definition) is 1. The molecule has 0 heterocycles. The summed E-state index contributed by atoms with van der Waals surface area (Å²) in [7, 11) is -3.41. The van der Waals surface area contributed by atoms with Crippen LogP contribution >= 0.6 is 0 Å². The number of aryl methyl sites for hydroxylation is 3. The van der Waals surface area contributed by atoms with Crippen molar-refractivity contribution in [3.05, 3.63) is 64.7 Å². The zero-order chi connectivity index (χ0) is 20.9. The van der Waals surface area contributed by atoms with E-state index in [1.54, 1.807) is 6.07 Å². The van der Waals surface area contributed by atoms with E-state index in [0.29, 0.717) is 12.1 Å². The number of carbonyl (C=O) groups excluding carboxylic acids is 1. The number of carbonyl (C=O) groups is 1. The van der Waals surface area contributed by atoms with Crippen molar-refractivity contribution in [2.45, 2.75) is 46.6 Å². The molecule has 0 aromatic heterocycles. The highest BCUT2D eigenvalue weighted by Crippen LogP contribution is 2.20. The Bertz CT molecular complexity index is 939. The van der Waals surface area contributed by atoms with E-state index in [1.165, 1.54) is 21.7 Å². The first-order valence-electron chi connectivity index (χ1n) is 9.49. The monoisotopic (exact) mass is 402 g/mol. The van der Waals surface area contributed by atoms with Crippen LogP contribution in [0.3, 0.4) is 0 Å². The Hall–Kier alpha value is -2.34. The predicted molar refractivity (Wildman–Crippen MR) is 115 cm³/mol. The highest BCUT2D eigenvalue weighted by Gasteiger charge is 2.18. The Morgan fingerprint density at radius 3 is 2.39 bits per heavy atom. The molecule has 0 saturated carbocycles. The third-order valence-electron chi connectivity index (χ3n) is 4.86.